The first-order valence-electron chi connectivity index (χ1n) is 9.97. The van der Waals surface area contributed by atoms with Gasteiger partial charge in [0.25, 0.3) is 11.8 Å². The highest BCUT2D eigenvalue weighted by Crippen LogP contribution is 2.30. The summed E-state index contributed by atoms with van der Waals surface area (Å²) >= 11 is 0. The number of furan rings is 1. The van der Waals surface area contributed by atoms with Crippen LogP contribution in [0.4, 0.5) is 0 Å². The molecular weight excluding hydrogens is 396 g/mol. The molecule has 0 saturated carbocycles. The smallest absolute Gasteiger partial charge is 0.260 e. The van der Waals surface area contributed by atoms with Crippen LogP contribution in [0.25, 0.3) is 16.7 Å². The minimum absolute atomic E-state index is 0.0662. The van der Waals surface area contributed by atoms with E-state index in [0.717, 1.165) is 23.1 Å². The summed E-state index contributed by atoms with van der Waals surface area (Å²) in [4.78, 5) is 24.7. The van der Waals surface area contributed by atoms with Gasteiger partial charge in [-0.15, -0.1) is 0 Å². The van der Waals surface area contributed by atoms with Crippen LogP contribution in [0, 0.1) is 0 Å². The molecule has 158 valence electrons. The number of benzene rings is 2. The second-order valence-electron chi connectivity index (χ2n) is 7.15. The minimum Gasteiger partial charge on any atom is -0.504 e. The highest BCUT2D eigenvalue weighted by Gasteiger charge is 2.27. The third-order valence-corrected chi connectivity index (χ3v) is 4.92. The Balaban J connectivity index is 1.56. The van der Waals surface area contributed by atoms with Crippen molar-refractivity contribution in [3.63, 3.8) is 0 Å². The number of imide groups is 1. The molecule has 31 heavy (non-hydrogen) atoms. The lowest BCUT2D eigenvalue weighted by Gasteiger charge is -2.19. The van der Waals surface area contributed by atoms with Crippen molar-refractivity contribution < 1.29 is 23.8 Å². The summed E-state index contributed by atoms with van der Waals surface area (Å²) in [5, 5.41) is 15.6. The molecule has 0 atom stereocenters. The van der Waals surface area contributed by atoms with Crippen LogP contribution in [0.3, 0.4) is 0 Å². The molecule has 0 fully saturated rings. The molecule has 0 aliphatic carbocycles. The molecule has 2 aromatic carbocycles. The minimum atomic E-state index is -0.472. The van der Waals surface area contributed by atoms with Gasteiger partial charge < -0.3 is 19.6 Å². The second-order valence-corrected chi connectivity index (χ2v) is 7.15. The summed E-state index contributed by atoms with van der Waals surface area (Å²) < 4.78 is 10.6. The molecule has 0 radical (unpaired) electrons. The zero-order valence-corrected chi connectivity index (χ0v) is 17.0. The zero-order chi connectivity index (χ0) is 21.8. The van der Waals surface area contributed by atoms with Crippen LogP contribution in [-0.4, -0.2) is 23.5 Å². The molecule has 0 saturated heterocycles. The van der Waals surface area contributed by atoms with E-state index in [1.807, 2.05) is 25.1 Å². The van der Waals surface area contributed by atoms with E-state index in [4.69, 9.17) is 9.15 Å². The average molecular weight is 418 g/mol. The van der Waals surface area contributed by atoms with Gasteiger partial charge in [0.15, 0.2) is 11.5 Å². The third kappa shape index (κ3) is 4.30. The van der Waals surface area contributed by atoms with Gasteiger partial charge in [-0.3, -0.25) is 14.9 Å². The van der Waals surface area contributed by atoms with E-state index in [0.29, 0.717) is 35.6 Å². The highest BCUT2D eigenvalue weighted by atomic mass is 16.5. The van der Waals surface area contributed by atoms with Crippen molar-refractivity contribution in [3.8, 4) is 22.6 Å². The Kier molecular flexibility index (Phi) is 5.75. The third-order valence-electron chi connectivity index (χ3n) is 4.92. The van der Waals surface area contributed by atoms with Crippen LogP contribution >= 0.6 is 0 Å². The SMILES string of the molecule is CCCOc1ccc(CNC=C2C(=O)NC(=O)c3ccc(-c4ccoc4)cc32)cc1O. The molecule has 2 heterocycles. The lowest BCUT2D eigenvalue weighted by Crippen LogP contribution is -2.37. The molecular formula is C24H22N2O5. The number of fused-ring (bicyclic) bond motifs is 1. The van der Waals surface area contributed by atoms with E-state index in [2.05, 4.69) is 10.6 Å². The molecule has 1 aliphatic heterocycles. The van der Waals surface area contributed by atoms with Crippen LogP contribution < -0.4 is 15.4 Å². The highest BCUT2D eigenvalue weighted by molar-refractivity contribution is 6.31. The molecule has 1 aliphatic rings. The Bertz CT molecular complexity index is 1150. The number of amides is 2. The monoisotopic (exact) mass is 418 g/mol. The van der Waals surface area contributed by atoms with E-state index in [1.165, 1.54) is 0 Å². The van der Waals surface area contributed by atoms with Gasteiger partial charge in [0, 0.05) is 29.4 Å². The predicted molar refractivity (Wildman–Crippen MR) is 115 cm³/mol. The molecule has 7 nitrogen and oxygen atoms in total. The van der Waals surface area contributed by atoms with E-state index in [1.54, 1.807) is 43.0 Å². The molecule has 0 bridgehead atoms. The normalized spacial score (nSPS) is 14.3. The van der Waals surface area contributed by atoms with Gasteiger partial charge in [0.1, 0.15) is 0 Å². The van der Waals surface area contributed by atoms with Crippen LogP contribution in [0.5, 0.6) is 11.5 Å². The maximum Gasteiger partial charge on any atom is 0.260 e. The molecule has 3 N–H and O–H groups in total. The number of hydrogen-bond acceptors (Lipinski definition) is 6. The van der Waals surface area contributed by atoms with Gasteiger partial charge in [-0.2, -0.15) is 0 Å². The van der Waals surface area contributed by atoms with E-state index < -0.39 is 11.8 Å². The number of nitrogens with one attached hydrogen (secondary N) is 2. The molecule has 0 unspecified atom stereocenters. The fraction of sp³-hybridized carbons (Fsp3) is 0.167. The van der Waals surface area contributed by atoms with Gasteiger partial charge >= 0.3 is 0 Å². The number of phenols is 1. The first-order valence-corrected chi connectivity index (χ1v) is 9.97. The molecule has 4 rings (SSSR count). The van der Waals surface area contributed by atoms with Gasteiger partial charge in [-0.05, 0) is 47.9 Å². The average Bonchev–Trinajstić information content (AvgIpc) is 3.30. The number of phenolic OH excluding ortho intramolecular Hbond substituents is 1. The lowest BCUT2D eigenvalue weighted by molar-refractivity contribution is -0.114. The number of carbonyl (C=O) groups excluding carboxylic acids is 2. The second kappa shape index (κ2) is 8.79. The molecule has 1 aromatic heterocycles. The molecule has 3 aromatic rings. The Morgan fingerprint density at radius 3 is 2.68 bits per heavy atom. The quantitative estimate of drug-likeness (QED) is 0.398. The number of carbonyl (C=O) groups is 2. The van der Waals surface area contributed by atoms with Crippen molar-refractivity contribution in [2.45, 2.75) is 19.9 Å². The van der Waals surface area contributed by atoms with Gasteiger partial charge in [-0.1, -0.05) is 19.1 Å². The summed E-state index contributed by atoms with van der Waals surface area (Å²) in [6.07, 6.45) is 5.61. The Morgan fingerprint density at radius 1 is 1.06 bits per heavy atom. The van der Waals surface area contributed by atoms with E-state index in [-0.39, 0.29) is 5.75 Å². The van der Waals surface area contributed by atoms with Crippen molar-refractivity contribution in [2.24, 2.45) is 0 Å². The first-order chi connectivity index (χ1) is 15.1. The Hall–Kier alpha value is -4.00. The van der Waals surface area contributed by atoms with Crippen molar-refractivity contribution in [1.29, 1.82) is 0 Å². The number of hydrogen-bond donors (Lipinski definition) is 3. The van der Waals surface area contributed by atoms with E-state index >= 15 is 0 Å². The molecule has 0 spiro atoms. The maximum atomic E-state index is 12.5. The standard InChI is InChI=1S/C24H22N2O5/c1-2-8-31-22-6-3-15(10-21(22)27)12-25-13-20-19-11-16(17-7-9-30-14-17)4-5-18(19)23(28)26-24(20)29/h3-7,9-11,13-14,25,27H,2,8,12H2,1H3,(H,26,28,29). The van der Waals surface area contributed by atoms with Crippen molar-refractivity contribution in [1.82, 2.24) is 10.6 Å². The summed E-state index contributed by atoms with van der Waals surface area (Å²) in [6.45, 7) is 2.91. The Morgan fingerprint density at radius 2 is 1.94 bits per heavy atom. The zero-order valence-electron chi connectivity index (χ0n) is 17.0. The summed E-state index contributed by atoms with van der Waals surface area (Å²) in [7, 11) is 0. The van der Waals surface area contributed by atoms with Gasteiger partial charge in [-0.25, -0.2) is 0 Å². The maximum absolute atomic E-state index is 12.5. The summed E-state index contributed by atoms with van der Waals surface area (Å²) in [6, 6.07) is 12.3. The molecule has 7 heteroatoms. The summed E-state index contributed by atoms with van der Waals surface area (Å²) in [5.74, 6) is -0.393. The van der Waals surface area contributed by atoms with E-state index in [9.17, 15) is 14.7 Å². The Labute approximate surface area is 179 Å². The first kappa shape index (κ1) is 20.3. The fourth-order valence-electron chi connectivity index (χ4n) is 3.35. The topological polar surface area (TPSA) is 101 Å². The van der Waals surface area contributed by atoms with Crippen LogP contribution in [0.1, 0.15) is 34.8 Å². The van der Waals surface area contributed by atoms with Gasteiger partial charge in [0.05, 0.1) is 24.7 Å². The van der Waals surface area contributed by atoms with Crippen molar-refractivity contribution in [3.05, 3.63) is 77.9 Å². The molecule has 2 amide bonds. The van der Waals surface area contributed by atoms with Crippen LogP contribution in [0.15, 0.2) is 65.6 Å². The fourth-order valence-corrected chi connectivity index (χ4v) is 3.35. The van der Waals surface area contributed by atoms with Crippen LogP contribution in [-0.2, 0) is 11.3 Å². The lowest BCUT2D eigenvalue weighted by atomic mass is 9.92. The van der Waals surface area contributed by atoms with Gasteiger partial charge in [0.2, 0.25) is 0 Å². The van der Waals surface area contributed by atoms with Crippen molar-refractivity contribution >= 4 is 17.4 Å². The number of ether oxygens (including phenoxy) is 1. The summed E-state index contributed by atoms with van der Waals surface area (Å²) in [5.41, 5.74) is 3.84. The van der Waals surface area contributed by atoms with Crippen molar-refractivity contribution in [2.75, 3.05) is 6.61 Å². The largest absolute Gasteiger partial charge is 0.504 e. The number of rotatable bonds is 7. The van der Waals surface area contributed by atoms with Crippen LogP contribution in [0.2, 0.25) is 0 Å². The number of aromatic hydroxyl groups is 1. The predicted octanol–water partition coefficient (Wildman–Crippen LogP) is 3.84.